The van der Waals surface area contributed by atoms with Crippen LogP contribution in [0.1, 0.15) is 23.2 Å². The van der Waals surface area contributed by atoms with E-state index in [1.165, 1.54) is 11.1 Å². The fraction of sp³-hybridized carbons (Fsp3) is 0.357. The Balaban J connectivity index is 1.95. The van der Waals surface area contributed by atoms with Crippen LogP contribution < -0.4 is 5.73 Å². The van der Waals surface area contributed by atoms with Crippen LogP contribution in [0.15, 0.2) is 35.5 Å². The molecule has 0 saturated carbocycles. The third kappa shape index (κ3) is 4.03. The standard InChI is InChI=1S/C14H17N3O4/c15-11-6-7-17(14(19)20)12(8-11)9-16-21-13(18)10-4-2-1-3-5-10/h1-5,9,11-12H,6-8,15H2,(H,19,20)/b16-9+. The monoisotopic (exact) mass is 291 g/mol. The second-order valence-electron chi connectivity index (χ2n) is 4.83. The van der Waals surface area contributed by atoms with E-state index in [9.17, 15) is 9.59 Å². The number of carbonyl (C=O) groups excluding carboxylic acids is 1. The number of benzene rings is 1. The molecule has 21 heavy (non-hydrogen) atoms. The Kier molecular flexibility index (Phi) is 4.89. The number of carbonyl (C=O) groups is 2. The van der Waals surface area contributed by atoms with E-state index in [2.05, 4.69) is 5.16 Å². The van der Waals surface area contributed by atoms with Crippen LogP contribution >= 0.6 is 0 Å². The van der Waals surface area contributed by atoms with Crippen LogP contribution in [0.4, 0.5) is 4.79 Å². The average molecular weight is 291 g/mol. The van der Waals surface area contributed by atoms with Crippen molar-refractivity contribution in [3.63, 3.8) is 0 Å². The number of amides is 1. The highest BCUT2D eigenvalue weighted by Crippen LogP contribution is 2.15. The van der Waals surface area contributed by atoms with Gasteiger partial charge in [0.1, 0.15) is 0 Å². The van der Waals surface area contributed by atoms with Crippen molar-refractivity contribution in [1.29, 1.82) is 0 Å². The summed E-state index contributed by atoms with van der Waals surface area (Å²) >= 11 is 0. The van der Waals surface area contributed by atoms with Crippen LogP contribution in [-0.2, 0) is 4.84 Å². The van der Waals surface area contributed by atoms with Crippen molar-refractivity contribution < 1.29 is 19.5 Å². The van der Waals surface area contributed by atoms with Gasteiger partial charge in [-0.3, -0.25) is 0 Å². The molecular formula is C14H17N3O4. The Morgan fingerprint density at radius 3 is 2.76 bits per heavy atom. The molecule has 1 fully saturated rings. The number of likely N-dealkylation sites (tertiary alicyclic amines) is 1. The van der Waals surface area contributed by atoms with Gasteiger partial charge in [0.15, 0.2) is 0 Å². The Labute approximate surface area is 122 Å². The molecule has 1 amide bonds. The summed E-state index contributed by atoms with van der Waals surface area (Å²) in [5.74, 6) is -0.589. The SMILES string of the molecule is NC1CCN(C(=O)O)C(/C=N/OC(=O)c2ccccc2)C1. The van der Waals surface area contributed by atoms with E-state index in [0.29, 0.717) is 24.9 Å². The van der Waals surface area contributed by atoms with Gasteiger partial charge in [-0.05, 0) is 25.0 Å². The molecule has 2 unspecified atom stereocenters. The number of nitrogens with two attached hydrogens (primary N) is 1. The summed E-state index contributed by atoms with van der Waals surface area (Å²) in [6.07, 6.45) is 1.35. The van der Waals surface area contributed by atoms with Crippen LogP contribution in [0.25, 0.3) is 0 Å². The summed E-state index contributed by atoms with van der Waals surface area (Å²) < 4.78 is 0. The van der Waals surface area contributed by atoms with Crippen molar-refractivity contribution in [3.8, 4) is 0 Å². The van der Waals surface area contributed by atoms with Gasteiger partial charge in [-0.2, -0.15) is 0 Å². The summed E-state index contributed by atoms with van der Waals surface area (Å²) in [6, 6.07) is 7.88. The zero-order chi connectivity index (χ0) is 15.2. The van der Waals surface area contributed by atoms with Crippen molar-refractivity contribution >= 4 is 18.3 Å². The van der Waals surface area contributed by atoms with Gasteiger partial charge in [-0.1, -0.05) is 23.4 Å². The molecule has 0 radical (unpaired) electrons. The lowest BCUT2D eigenvalue weighted by Gasteiger charge is -2.33. The van der Waals surface area contributed by atoms with Gasteiger partial charge >= 0.3 is 12.1 Å². The molecule has 0 aromatic heterocycles. The second-order valence-corrected chi connectivity index (χ2v) is 4.83. The van der Waals surface area contributed by atoms with Crippen molar-refractivity contribution in [3.05, 3.63) is 35.9 Å². The van der Waals surface area contributed by atoms with Crippen LogP contribution in [-0.4, -0.2) is 46.9 Å². The molecule has 1 aromatic rings. The molecule has 1 aromatic carbocycles. The highest BCUT2D eigenvalue weighted by molar-refractivity contribution is 5.89. The first-order chi connectivity index (χ1) is 10.1. The molecule has 1 saturated heterocycles. The zero-order valence-electron chi connectivity index (χ0n) is 11.4. The first kappa shape index (κ1) is 15.0. The van der Waals surface area contributed by atoms with Crippen molar-refractivity contribution in [2.75, 3.05) is 6.54 Å². The van der Waals surface area contributed by atoms with Gasteiger partial charge in [0.25, 0.3) is 0 Å². The van der Waals surface area contributed by atoms with Crippen LogP contribution in [0.3, 0.4) is 0 Å². The number of nitrogens with zero attached hydrogens (tertiary/aromatic N) is 2. The van der Waals surface area contributed by atoms with E-state index < -0.39 is 18.1 Å². The normalized spacial score (nSPS) is 22.2. The first-order valence-electron chi connectivity index (χ1n) is 6.63. The van der Waals surface area contributed by atoms with Gasteiger partial charge in [-0.25, -0.2) is 9.59 Å². The zero-order valence-corrected chi connectivity index (χ0v) is 11.4. The molecule has 0 bridgehead atoms. The molecular weight excluding hydrogens is 274 g/mol. The Morgan fingerprint density at radius 1 is 1.38 bits per heavy atom. The molecule has 2 atom stereocenters. The third-order valence-electron chi connectivity index (χ3n) is 3.31. The van der Waals surface area contributed by atoms with Crippen LogP contribution in [0.2, 0.25) is 0 Å². The lowest BCUT2D eigenvalue weighted by molar-refractivity contribution is 0.0514. The highest BCUT2D eigenvalue weighted by Gasteiger charge is 2.29. The lowest BCUT2D eigenvalue weighted by Crippen LogP contribution is -2.50. The van der Waals surface area contributed by atoms with Gasteiger partial charge in [0, 0.05) is 12.6 Å². The predicted molar refractivity (Wildman–Crippen MR) is 76.1 cm³/mol. The predicted octanol–water partition coefficient (Wildman–Crippen LogP) is 1.30. The molecule has 3 N–H and O–H groups in total. The third-order valence-corrected chi connectivity index (χ3v) is 3.31. The molecule has 1 aliphatic heterocycles. The van der Waals surface area contributed by atoms with Gasteiger partial charge in [0.05, 0.1) is 17.8 Å². The quantitative estimate of drug-likeness (QED) is 0.496. The number of oxime groups is 1. The highest BCUT2D eigenvalue weighted by atomic mass is 16.7. The smallest absolute Gasteiger partial charge is 0.407 e. The Morgan fingerprint density at radius 2 is 2.10 bits per heavy atom. The van der Waals surface area contributed by atoms with E-state index in [4.69, 9.17) is 15.7 Å². The number of carboxylic acid groups (broad SMARTS) is 1. The van der Waals surface area contributed by atoms with Crippen molar-refractivity contribution in [2.45, 2.75) is 24.9 Å². The summed E-state index contributed by atoms with van der Waals surface area (Å²) in [6.45, 7) is 0.347. The molecule has 1 aliphatic rings. The number of rotatable bonds is 3. The van der Waals surface area contributed by atoms with E-state index in [-0.39, 0.29) is 6.04 Å². The minimum Gasteiger partial charge on any atom is -0.465 e. The number of piperidine rings is 1. The molecule has 2 rings (SSSR count). The van der Waals surface area contributed by atoms with Crippen molar-refractivity contribution in [1.82, 2.24) is 4.90 Å². The summed E-state index contributed by atoms with van der Waals surface area (Å²) in [5, 5.41) is 12.7. The fourth-order valence-electron chi connectivity index (χ4n) is 2.18. The van der Waals surface area contributed by atoms with Gasteiger partial charge in [0.2, 0.25) is 0 Å². The van der Waals surface area contributed by atoms with Crippen LogP contribution in [0.5, 0.6) is 0 Å². The Hall–Kier alpha value is -2.41. The van der Waals surface area contributed by atoms with E-state index >= 15 is 0 Å². The van der Waals surface area contributed by atoms with E-state index in [1.54, 1.807) is 30.3 Å². The van der Waals surface area contributed by atoms with Crippen molar-refractivity contribution in [2.24, 2.45) is 10.9 Å². The maximum atomic E-state index is 11.7. The molecule has 7 heteroatoms. The van der Waals surface area contributed by atoms with E-state index in [1.807, 2.05) is 0 Å². The van der Waals surface area contributed by atoms with Gasteiger partial charge in [-0.15, -0.1) is 0 Å². The average Bonchev–Trinajstić information content (AvgIpc) is 2.48. The van der Waals surface area contributed by atoms with Gasteiger partial charge < -0.3 is 20.6 Å². The van der Waals surface area contributed by atoms with Crippen LogP contribution in [0, 0.1) is 0 Å². The molecule has 112 valence electrons. The lowest BCUT2D eigenvalue weighted by atomic mass is 9.99. The largest absolute Gasteiger partial charge is 0.465 e. The maximum absolute atomic E-state index is 11.7. The second kappa shape index (κ2) is 6.85. The summed E-state index contributed by atoms with van der Waals surface area (Å²) in [5.41, 5.74) is 6.20. The maximum Gasteiger partial charge on any atom is 0.407 e. The minimum atomic E-state index is -1.03. The Bertz CT molecular complexity index is 532. The summed E-state index contributed by atoms with van der Waals surface area (Å²) in [4.78, 5) is 28.8. The number of hydrogen-bond acceptors (Lipinski definition) is 5. The topological polar surface area (TPSA) is 105 Å². The molecule has 0 aliphatic carbocycles. The molecule has 1 heterocycles. The first-order valence-corrected chi connectivity index (χ1v) is 6.63. The minimum absolute atomic E-state index is 0.0816. The summed E-state index contributed by atoms with van der Waals surface area (Å²) in [7, 11) is 0. The fourth-order valence-corrected chi connectivity index (χ4v) is 2.18. The molecule has 7 nitrogen and oxygen atoms in total. The van der Waals surface area contributed by atoms with E-state index in [0.717, 1.165) is 0 Å². The number of hydrogen-bond donors (Lipinski definition) is 2. The molecule has 0 spiro atoms.